The Bertz CT molecular complexity index is 932. The number of nitrogens with zero attached hydrogens (tertiary/aromatic N) is 2. The second-order valence-corrected chi connectivity index (χ2v) is 11.8. The number of ether oxygens (including phenoxy) is 1. The fraction of sp³-hybridized carbons (Fsp3) is 0.759. The van der Waals surface area contributed by atoms with Crippen molar-refractivity contribution in [3.63, 3.8) is 0 Å². The van der Waals surface area contributed by atoms with E-state index in [4.69, 9.17) is 9.72 Å². The summed E-state index contributed by atoms with van der Waals surface area (Å²) in [5, 5.41) is 16.0. The van der Waals surface area contributed by atoms with Gasteiger partial charge in [-0.15, -0.1) is 0 Å². The molecule has 3 N–H and O–H groups in total. The summed E-state index contributed by atoms with van der Waals surface area (Å²) < 4.78 is 6.08. The van der Waals surface area contributed by atoms with Gasteiger partial charge in [0.1, 0.15) is 5.82 Å². The van der Waals surface area contributed by atoms with Crippen molar-refractivity contribution < 1.29 is 19.4 Å². The zero-order valence-corrected chi connectivity index (χ0v) is 22.2. The first-order valence-electron chi connectivity index (χ1n) is 14.6. The quantitative estimate of drug-likeness (QED) is 0.388. The van der Waals surface area contributed by atoms with E-state index in [1.54, 1.807) is 0 Å². The Morgan fingerprint density at radius 3 is 2.76 bits per heavy atom. The molecule has 0 aromatic carbocycles. The molecular formula is C29H44N4O4. The van der Waals surface area contributed by atoms with Crippen molar-refractivity contribution in [3.05, 3.63) is 23.4 Å². The van der Waals surface area contributed by atoms with E-state index in [-0.39, 0.29) is 24.0 Å². The molecule has 6 rings (SSSR count). The number of aromatic nitrogens is 1. The van der Waals surface area contributed by atoms with Crippen molar-refractivity contribution in [2.75, 3.05) is 38.1 Å². The maximum atomic E-state index is 13.1. The lowest BCUT2D eigenvalue weighted by atomic mass is 9.60. The molecule has 8 nitrogen and oxygen atoms in total. The van der Waals surface area contributed by atoms with Gasteiger partial charge >= 0.3 is 5.97 Å². The Balaban J connectivity index is 1.03. The summed E-state index contributed by atoms with van der Waals surface area (Å²) in [5.41, 5.74) is 2.14. The number of carbonyl (C=O) groups is 2. The summed E-state index contributed by atoms with van der Waals surface area (Å²) in [7, 11) is 0. The first kappa shape index (κ1) is 26.4. The summed E-state index contributed by atoms with van der Waals surface area (Å²) in [6.45, 7) is 3.96. The molecule has 204 valence electrons. The second-order valence-electron chi connectivity index (χ2n) is 11.8. The van der Waals surface area contributed by atoms with Crippen molar-refractivity contribution in [3.8, 4) is 0 Å². The molecule has 5 aliphatic rings. The smallest absolute Gasteiger partial charge is 0.328 e. The Morgan fingerprint density at radius 2 is 1.97 bits per heavy atom. The van der Waals surface area contributed by atoms with Crippen molar-refractivity contribution in [1.29, 1.82) is 0 Å². The van der Waals surface area contributed by atoms with Crippen LogP contribution in [-0.2, 0) is 27.2 Å². The van der Waals surface area contributed by atoms with Crippen LogP contribution in [0.5, 0.6) is 0 Å². The van der Waals surface area contributed by atoms with E-state index in [1.807, 2.05) is 0 Å². The van der Waals surface area contributed by atoms with Crippen LogP contribution in [0.2, 0.25) is 0 Å². The number of unbranched alkanes of at least 4 members (excludes halogenated alkanes) is 1. The van der Waals surface area contributed by atoms with E-state index in [1.165, 1.54) is 12.0 Å². The van der Waals surface area contributed by atoms with Gasteiger partial charge in [0.25, 0.3) is 0 Å². The number of nitrogens with one attached hydrogen (secondary N) is 2. The van der Waals surface area contributed by atoms with E-state index >= 15 is 0 Å². The van der Waals surface area contributed by atoms with E-state index in [0.29, 0.717) is 0 Å². The number of carbonyl (C=O) groups excluding carboxylic acids is 1. The highest BCUT2D eigenvalue weighted by Gasteiger charge is 2.46. The maximum absolute atomic E-state index is 13.1. The van der Waals surface area contributed by atoms with Gasteiger partial charge in [-0.05, 0) is 114 Å². The van der Waals surface area contributed by atoms with Crippen LogP contribution in [0.25, 0.3) is 0 Å². The summed E-state index contributed by atoms with van der Waals surface area (Å²) in [4.78, 5) is 32.2. The van der Waals surface area contributed by atoms with Crippen LogP contribution in [0.3, 0.4) is 0 Å². The number of rotatable bonds is 11. The number of carboxylic acid groups (broad SMARTS) is 1. The number of likely N-dealkylation sites (tertiary alicyclic amines) is 1. The maximum Gasteiger partial charge on any atom is 0.328 e. The molecule has 1 aromatic rings. The average Bonchev–Trinajstić information content (AvgIpc) is 2.94. The van der Waals surface area contributed by atoms with Crippen LogP contribution < -0.4 is 10.6 Å². The summed E-state index contributed by atoms with van der Waals surface area (Å²) in [6.07, 6.45) is 13.5. The third-order valence-corrected chi connectivity index (χ3v) is 9.25. The monoisotopic (exact) mass is 512 g/mol. The number of aryl methyl sites for hydroxylation is 2. The number of pyridine rings is 1. The summed E-state index contributed by atoms with van der Waals surface area (Å²) in [6, 6.07) is 3.42. The number of carboxylic acids is 1. The minimum absolute atomic E-state index is 0.0178. The lowest BCUT2D eigenvalue weighted by Crippen LogP contribution is -2.53. The molecule has 3 heterocycles. The van der Waals surface area contributed by atoms with Gasteiger partial charge < -0.3 is 25.4 Å². The van der Waals surface area contributed by atoms with Gasteiger partial charge in [-0.3, -0.25) is 4.79 Å². The normalized spacial score (nSPS) is 28.2. The van der Waals surface area contributed by atoms with Crippen LogP contribution >= 0.6 is 0 Å². The molecular weight excluding hydrogens is 468 g/mol. The molecule has 3 saturated carbocycles. The highest BCUT2D eigenvalue weighted by atomic mass is 16.5. The van der Waals surface area contributed by atoms with Gasteiger partial charge in [0.05, 0.1) is 12.7 Å². The molecule has 0 radical (unpaired) electrons. The number of amides is 1. The van der Waals surface area contributed by atoms with Crippen LogP contribution in [0.15, 0.2) is 12.1 Å². The number of hydrogen-bond acceptors (Lipinski definition) is 6. The van der Waals surface area contributed by atoms with E-state index in [9.17, 15) is 14.7 Å². The molecule has 37 heavy (non-hydrogen) atoms. The fourth-order valence-corrected chi connectivity index (χ4v) is 6.81. The molecule has 1 aromatic heterocycles. The van der Waals surface area contributed by atoms with E-state index in [0.717, 1.165) is 121 Å². The third-order valence-electron chi connectivity index (χ3n) is 9.25. The Hall–Kier alpha value is -2.19. The lowest BCUT2D eigenvalue weighted by molar-refractivity contribution is -0.149. The predicted octanol–water partition coefficient (Wildman–Crippen LogP) is 3.78. The molecule has 4 fully saturated rings. The van der Waals surface area contributed by atoms with Crippen molar-refractivity contribution in [1.82, 2.24) is 15.2 Å². The molecule has 2 atom stereocenters. The molecule has 1 amide bonds. The summed E-state index contributed by atoms with van der Waals surface area (Å²) in [5.74, 6) is 0.755. The zero-order valence-electron chi connectivity index (χ0n) is 22.2. The second kappa shape index (κ2) is 12.1. The highest BCUT2D eigenvalue weighted by Crippen LogP contribution is 2.50. The molecule has 8 heteroatoms. The molecule has 3 aliphatic carbocycles. The molecule has 1 saturated heterocycles. The molecule has 0 unspecified atom stereocenters. The third kappa shape index (κ3) is 6.63. The zero-order chi connectivity index (χ0) is 25.7. The molecule has 2 aliphatic heterocycles. The van der Waals surface area contributed by atoms with Crippen molar-refractivity contribution in [2.45, 2.75) is 95.6 Å². The van der Waals surface area contributed by atoms with Crippen LogP contribution in [-0.4, -0.2) is 71.8 Å². The van der Waals surface area contributed by atoms with Gasteiger partial charge in [0.15, 0.2) is 6.04 Å². The van der Waals surface area contributed by atoms with Crippen molar-refractivity contribution in [2.24, 2.45) is 11.3 Å². The van der Waals surface area contributed by atoms with Crippen LogP contribution in [0, 0.1) is 11.3 Å². The van der Waals surface area contributed by atoms with Crippen LogP contribution in [0.1, 0.15) is 81.9 Å². The Morgan fingerprint density at radius 1 is 1.16 bits per heavy atom. The van der Waals surface area contributed by atoms with E-state index < -0.39 is 12.0 Å². The Kier molecular flexibility index (Phi) is 8.65. The fourth-order valence-electron chi connectivity index (χ4n) is 6.81. The SMILES string of the molecule is O=C(O)[C@@H](CO[C@@H]1CCCN(CCCCc2ccc3c(n2)NCCC3)C1)NC(=O)C12CCC(CC1)CC2. The topological polar surface area (TPSA) is 104 Å². The standard InChI is InChI=1S/C29H44N4O4/c34-27(35)25(32-28(36)29-13-10-21(11-14-29)12-15-29)20-37-24-7-4-18-33(19-24)17-2-1-6-23-9-8-22-5-3-16-30-26(22)31-23/h8-9,21,24-25H,1-7,10-20H2,(H,30,31)(H,32,36)(H,34,35)/t21?,24-,25-,29?/m1/s1. The number of anilines is 1. The molecule has 2 bridgehead atoms. The van der Waals surface area contributed by atoms with Gasteiger partial charge in [-0.1, -0.05) is 6.07 Å². The lowest BCUT2D eigenvalue weighted by Gasteiger charge is -2.45. The number of piperidine rings is 1. The number of aliphatic carboxylic acids is 1. The van der Waals surface area contributed by atoms with E-state index in [2.05, 4.69) is 27.7 Å². The Labute approximate surface area is 220 Å². The van der Waals surface area contributed by atoms with Gasteiger partial charge in [-0.25, -0.2) is 9.78 Å². The average molecular weight is 513 g/mol. The molecule has 0 spiro atoms. The minimum Gasteiger partial charge on any atom is -0.480 e. The highest BCUT2D eigenvalue weighted by molar-refractivity contribution is 5.87. The minimum atomic E-state index is -1.01. The first-order valence-corrected chi connectivity index (χ1v) is 14.6. The predicted molar refractivity (Wildman–Crippen MR) is 143 cm³/mol. The number of fused-ring (bicyclic) bond motifs is 4. The van der Waals surface area contributed by atoms with Gasteiger partial charge in [0, 0.05) is 24.2 Å². The largest absolute Gasteiger partial charge is 0.480 e. The first-order chi connectivity index (χ1) is 18.0. The number of hydrogen-bond donors (Lipinski definition) is 3. The van der Waals surface area contributed by atoms with Gasteiger partial charge in [0.2, 0.25) is 5.91 Å². The summed E-state index contributed by atoms with van der Waals surface area (Å²) >= 11 is 0. The van der Waals surface area contributed by atoms with Crippen molar-refractivity contribution >= 4 is 17.7 Å². The van der Waals surface area contributed by atoms with Crippen LogP contribution in [0.4, 0.5) is 5.82 Å². The van der Waals surface area contributed by atoms with Gasteiger partial charge in [-0.2, -0.15) is 0 Å².